The van der Waals surface area contributed by atoms with Crippen LogP contribution in [0.4, 0.5) is 5.69 Å². The molecule has 112 valence electrons. The number of carbonyl (C=O) groups excluding carboxylic acids is 3. The zero-order valence-electron chi connectivity index (χ0n) is 12.1. The molecule has 0 aliphatic carbocycles. The van der Waals surface area contributed by atoms with Gasteiger partial charge in [0.25, 0.3) is 5.91 Å². The fraction of sp³-hybridized carbons (Fsp3) is 0.400. The van der Waals surface area contributed by atoms with Crippen molar-refractivity contribution in [1.29, 1.82) is 0 Å². The molecule has 6 nitrogen and oxygen atoms in total. The van der Waals surface area contributed by atoms with E-state index in [1.165, 1.54) is 4.90 Å². The number of nitrogens with one attached hydrogen (secondary N) is 1. The molecule has 21 heavy (non-hydrogen) atoms. The summed E-state index contributed by atoms with van der Waals surface area (Å²) < 4.78 is 0. The first-order valence-corrected chi connectivity index (χ1v) is 6.88. The molecule has 0 saturated carbocycles. The SMILES string of the molecule is CC(C)N1C(=O)CC(NC(=O)Cc2ccc(N)cc2)C1=O. The Bertz CT molecular complexity index is 566. The van der Waals surface area contributed by atoms with Crippen molar-refractivity contribution in [2.45, 2.75) is 38.8 Å². The van der Waals surface area contributed by atoms with Gasteiger partial charge in [0.15, 0.2) is 0 Å². The molecule has 1 heterocycles. The molecule has 0 aromatic heterocycles. The molecule has 1 unspecified atom stereocenters. The van der Waals surface area contributed by atoms with Gasteiger partial charge in [-0.2, -0.15) is 0 Å². The van der Waals surface area contributed by atoms with Crippen molar-refractivity contribution in [2.24, 2.45) is 0 Å². The van der Waals surface area contributed by atoms with E-state index in [0.717, 1.165) is 5.56 Å². The minimum absolute atomic E-state index is 0.0322. The molecular weight excluding hydrogens is 270 g/mol. The fourth-order valence-corrected chi connectivity index (χ4v) is 2.37. The fourth-order valence-electron chi connectivity index (χ4n) is 2.37. The van der Waals surface area contributed by atoms with E-state index >= 15 is 0 Å². The predicted molar refractivity (Wildman–Crippen MR) is 78.1 cm³/mol. The predicted octanol–water partition coefficient (Wildman–Crippen LogP) is 0.463. The summed E-state index contributed by atoms with van der Waals surface area (Å²) in [4.78, 5) is 37.0. The topological polar surface area (TPSA) is 92.5 Å². The highest BCUT2D eigenvalue weighted by Crippen LogP contribution is 2.16. The van der Waals surface area contributed by atoms with E-state index in [4.69, 9.17) is 5.73 Å². The summed E-state index contributed by atoms with van der Waals surface area (Å²) in [6.45, 7) is 3.54. The highest BCUT2D eigenvalue weighted by atomic mass is 16.2. The van der Waals surface area contributed by atoms with Gasteiger partial charge in [0.05, 0.1) is 12.8 Å². The summed E-state index contributed by atoms with van der Waals surface area (Å²) in [5.41, 5.74) is 7.01. The van der Waals surface area contributed by atoms with Crippen LogP contribution in [0, 0.1) is 0 Å². The molecule has 2 rings (SSSR count). The minimum Gasteiger partial charge on any atom is -0.399 e. The number of hydrogen-bond acceptors (Lipinski definition) is 4. The van der Waals surface area contributed by atoms with Gasteiger partial charge < -0.3 is 11.1 Å². The number of carbonyl (C=O) groups is 3. The first kappa shape index (κ1) is 15.0. The van der Waals surface area contributed by atoms with Gasteiger partial charge in [-0.1, -0.05) is 12.1 Å². The Morgan fingerprint density at radius 1 is 1.33 bits per heavy atom. The molecule has 1 aromatic carbocycles. The molecule has 1 saturated heterocycles. The van der Waals surface area contributed by atoms with Crippen molar-refractivity contribution in [3.8, 4) is 0 Å². The van der Waals surface area contributed by atoms with Crippen LogP contribution in [-0.4, -0.2) is 34.7 Å². The molecule has 1 aliphatic heterocycles. The smallest absolute Gasteiger partial charge is 0.252 e. The van der Waals surface area contributed by atoms with Gasteiger partial charge >= 0.3 is 0 Å². The van der Waals surface area contributed by atoms with Crippen LogP contribution in [0.25, 0.3) is 0 Å². The van der Waals surface area contributed by atoms with Gasteiger partial charge in [-0.3, -0.25) is 19.3 Å². The quantitative estimate of drug-likeness (QED) is 0.622. The second-order valence-corrected chi connectivity index (χ2v) is 5.44. The summed E-state index contributed by atoms with van der Waals surface area (Å²) in [6, 6.07) is 6.01. The van der Waals surface area contributed by atoms with Gasteiger partial charge in [-0.25, -0.2) is 0 Å². The maximum absolute atomic E-state index is 12.1. The number of hydrogen-bond donors (Lipinski definition) is 2. The lowest BCUT2D eigenvalue weighted by Gasteiger charge is -2.19. The Balaban J connectivity index is 1.96. The zero-order chi connectivity index (χ0) is 15.6. The first-order valence-electron chi connectivity index (χ1n) is 6.88. The molecule has 1 atom stereocenters. The van der Waals surface area contributed by atoms with E-state index < -0.39 is 6.04 Å². The first-order chi connectivity index (χ1) is 9.88. The zero-order valence-corrected chi connectivity index (χ0v) is 12.1. The number of rotatable bonds is 4. The Morgan fingerprint density at radius 2 is 1.95 bits per heavy atom. The molecule has 1 aliphatic rings. The number of amides is 3. The lowest BCUT2D eigenvalue weighted by molar-refractivity contribution is -0.141. The van der Waals surface area contributed by atoms with Crippen LogP contribution >= 0.6 is 0 Å². The van der Waals surface area contributed by atoms with E-state index in [0.29, 0.717) is 5.69 Å². The number of imide groups is 1. The molecule has 0 spiro atoms. The van der Waals surface area contributed by atoms with E-state index in [1.54, 1.807) is 38.1 Å². The van der Waals surface area contributed by atoms with Crippen molar-refractivity contribution in [3.63, 3.8) is 0 Å². The standard InChI is InChI=1S/C15H19N3O3/c1-9(2)18-14(20)8-12(15(18)21)17-13(19)7-10-3-5-11(16)6-4-10/h3-6,9,12H,7-8,16H2,1-2H3,(H,17,19). The van der Waals surface area contributed by atoms with Crippen LogP contribution < -0.4 is 11.1 Å². The lowest BCUT2D eigenvalue weighted by Crippen LogP contribution is -2.44. The maximum Gasteiger partial charge on any atom is 0.252 e. The van der Waals surface area contributed by atoms with Gasteiger partial charge in [0.2, 0.25) is 11.8 Å². The monoisotopic (exact) mass is 289 g/mol. The molecule has 0 radical (unpaired) electrons. The van der Waals surface area contributed by atoms with Crippen LogP contribution in [0.15, 0.2) is 24.3 Å². The molecule has 0 bridgehead atoms. The average molecular weight is 289 g/mol. The van der Waals surface area contributed by atoms with Crippen LogP contribution in [0.2, 0.25) is 0 Å². The van der Waals surface area contributed by atoms with Crippen molar-refractivity contribution in [1.82, 2.24) is 10.2 Å². The molecule has 1 fully saturated rings. The molecular formula is C15H19N3O3. The number of nitrogen functional groups attached to an aromatic ring is 1. The Morgan fingerprint density at radius 3 is 2.48 bits per heavy atom. The second kappa shape index (κ2) is 5.95. The number of likely N-dealkylation sites (tertiary alicyclic amines) is 1. The van der Waals surface area contributed by atoms with Gasteiger partial charge in [0, 0.05) is 11.7 Å². The van der Waals surface area contributed by atoms with Crippen LogP contribution in [0.5, 0.6) is 0 Å². The number of anilines is 1. The highest BCUT2D eigenvalue weighted by molar-refractivity contribution is 6.07. The summed E-state index contributed by atoms with van der Waals surface area (Å²) in [5, 5.41) is 2.62. The van der Waals surface area contributed by atoms with Crippen molar-refractivity contribution < 1.29 is 14.4 Å². The van der Waals surface area contributed by atoms with Crippen molar-refractivity contribution in [3.05, 3.63) is 29.8 Å². The Kier molecular flexibility index (Phi) is 4.26. The minimum atomic E-state index is -0.749. The molecule has 6 heteroatoms. The number of nitrogens with zero attached hydrogens (tertiary/aromatic N) is 1. The van der Waals surface area contributed by atoms with E-state index in [1.807, 2.05) is 0 Å². The summed E-state index contributed by atoms with van der Waals surface area (Å²) >= 11 is 0. The third-order valence-electron chi connectivity index (χ3n) is 3.38. The van der Waals surface area contributed by atoms with E-state index in [2.05, 4.69) is 5.32 Å². The second-order valence-electron chi connectivity index (χ2n) is 5.44. The number of nitrogens with two attached hydrogens (primary N) is 1. The molecule has 3 amide bonds. The largest absolute Gasteiger partial charge is 0.399 e. The van der Waals surface area contributed by atoms with Crippen molar-refractivity contribution in [2.75, 3.05) is 5.73 Å². The Hall–Kier alpha value is -2.37. The van der Waals surface area contributed by atoms with E-state index in [9.17, 15) is 14.4 Å². The van der Waals surface area contributed by atoms with Gasteiger partial charge in [-0.15, -0.1) is 0 Å². The van der Waals surface area contributed by atoms with Gasteiger partial charge in [-0.05, 0) is 31.5 Å². The van der Waals surface area contributed by atoms with Crippen LogP contribution in [-0.2, 0) is 20.8 Å². The third kappa shape index (κ3) is 3.39. The van der Waals surface area contributed by atoms with Crippen LogP contribution in [0.3, 0.4) is 0 Å². The normalized spacial score (nSPS) is 18.4. The Labute approximate surface area is 123 Å². The van der Waals surface area contributed by atoms with Gasteiger partial charge in [0.1, 0.15) is 6.04 Å². The number of benzene rings is 1. The molecule has 3 N–H and O–H groups in total. The average Bonchev–Trinajstić information content (AvgIpc) is 2.67. The lowest BCUT2D eigenvalue weighted by atomic mass is 10.1. The third-order valence-corrected chi connectivity index (χ3v) is 3.38. The van der Waals surface area contributed by atoms with E-state index in [-0.39, 0.29) is 36.6 Å². The summed E-state index contributed by atoms with van der Waals surface area (Å²) in [6.07, 6.45) is 0.185. The highest BCUT2D eigenvalue weighted by Gasteiger charge is 2.40. The summed E-state index contributed by atoms with van der Waals surface area (Å²) in [7, 11) is 0. The van der Waals surface area contributed by atoms with Crippen molar-refractivity contribution >= 4 is 23.4 Å². The maximum atomic E-state index is 12.1. The van der Waals surface area contributed by atoms with Crippen LogP contribution in [0.1, 0.15) is 25.8 Å². The summed E-state index contributed by atoms with van der Waals surface area (Å²) in [5.74, 6) is -0.857. The molecule has 1 aromatic rings.